The number of imide groups is 1. The third-order valence-corrected chi connectivity index (χ3v) is 4.27. The molecular weight excluding hydrogens is 280 g/mol. The number of nitrogens with two attached hydrogens (primary N) is 1. The zero-order valence-corrected chi connectivity index (χ0v) is 11.8. The standard InChI is InChI=1S/C17H14N2O3/c18-13-3-1-2-10-9(13)4-6-14-16(10)12(8-22-14)11-5-7-15(20)19-17(11)21/h1-4,6,8,11H,5,7,18H2,(H,19,20,21). The number of rotatable bonds is 1. The van der Waals surface area contributed by atoms with Crippen molar-refractivity contribution in [1.82, 2.24) is 5.32 Å². The molecule has 22 heavy (non-hydrogen) atoms. The van der Waals surface area contributed by atoms with E-state index in [0.29, 0.717) is 18.5 Å². The molecule has 0 radical (unpaired) electrons. The summed E-state index contributed by atoms with van der Waals surface area (Å²) >= 11 is 0. The molecule has 5 heteroatoms. The molecule has 1 aliphatic heterocycles. The minimum absolute atomic E-state index is 0.219. The fourth-order valence-corrected chi connectivity index (χ4v) is 3.19. The number of piperidine rings is 1. The first-order valence-corrected chi connectivity index (χ1v) is 7.17. The number of amides is 2. The Morgan fingerprint density at radius 1 is 1.14 bits per heavy atom. The van der Waals surface area contributed by atoms with Crippen LogP contribution >= 0.6 is 0 Å². The van der Waals surface area contributed by atoms with Gasteiger partial charge >= 0.3 is 0 Å². The molecule has 3 N–H and O–H groups in total. The normalized spacial score (nSPS) is 18.8. The molecule has 0 bridgehead atoms. The van der Waals surface area contributed by atoms with Gasteiger partial charge in [0.25, 0.3) is 0 Å². The molecule has 0 spiro atoms. The van der Waals surface area contributed by atoms with Gasteiger partial charge < -0.3 is 10.2 Å². The second kappa shape index (κ2) is 4.59. The highest BCUT2D eigenvalue weighted by Gasteiger charge is 2.30. The lowest BCUT2D eigenvalue weighted by molar-refractivity contribution is -0.134. The van der Waals surface area contributed by atoms with E-state index in [2.05, 4.69) is 5.32 Å². The zero-order chi connectivity index (χ0) is 15.3. The van der Waals surface area contributed by atoms with E-state index in [4.69, 9.17) is 10.2 Å². The van der Waals surface area contributed by atoms with Crippen molar-refractivity contribution in [3.05, 3.63) is 42.2 Å². The summed E-state index contributed by atoms with van der Waals surface area (Å²) in [5.74, 6) is -0.853. The SMILES string of the molecule is Nc1cccc2c1ccc1occ(C3CCC(=O)NC3=O)c12. The van der Waals surface area contributed by atoms with Crippen molar-refractivity contribution in [2.75, 3.05) is 5.73 Å². The van der Waals surface area contributed by atoms with Crippen molar-refractivity contribution in [2.45, 2.75) is 18.8 Å². The summed E-state index contributed by atoms with van der Waals surface area (Å²) in [7, 11) is 0. The average Bonchev–Trinajstić information content (AvgIpc) is 2.92. The van der Waals surface area contributed by atoms with Gasteiger partial charge in [0.15, 0.2) is 0 Å². The maximum Gasteiger partial charge on any atom is 0.234 e. The third kappa shape index (κ3) is 1.79. The second-order valence-corrected chi connectivity index (χ2v) is 5.58. The van der Waals surface area contributed by atoms with Gasteiger partial charge in [-0.2, -0.15) is 0 Å². The van der Waals surface area contributed by atoms with Crippen LogP contribution in [0.25, 0.3) is 21.7 Å². The highest BCUT2D eigenvalue weighted by atomic mass is 16.3. The summed E-state index contributed by atoms with van der Waals surface area (Å²) in [5.41, 5.74) is 8.26. The van der Waals surface area contributed by atoms with Crippen LogP contribution in [-0.2, 0) is 9.59 Å². The van der Waals surface area contributed by atoms with Gasteiger partial charge in [-0.3, -0.25) is 14.9 Å². The fraction of sp³-hybridized carbons (Fsp3) is 0.176. The highest BCUT2D eigenvalue weighted by molar-refractivity contribution is 6.13. The van der Waals surface area contributed by atoms with Crippen molar-refractivity contribution in [3.8, 4) is 0 Å². The van der Waals surface area contributed by atoms with Crippen LogP contribution in [0.1, 0.15) is 24.3 Å². The van der Waals surface area contributed by atoms with Crippen LogP contribution in [0.2, 0.25) is 0 Å². The number of hydrogen-bond acceptors (Lipinski definition) is 4. The number of anilines is 1. The van der Waals surface area contributed by atoms with Gasteiger partial charge in [-0.15, -0.1) is 0 Å². The Kier molecular flexibility index (Phi) is 2.69. The molecule has 3 aromatic rings. The number of carbonyl (C=O) groups excluding carboxylic acids is 2. The van der Waals surface area contributed by atoms with Crippen LogP contribution in [0.15, 0.2) is 41.0 Å². The first-order chi connectivity index (χ1) is 10.6. The summed E-state index contributed by atoms with van der Waals surface area (Å²) in [5, 5.41) is 5.20. The molecule has 0 saturated carbocycles. The molecule has 2 aromatic carbocycles. The number of benzene rings is 2. The molecule has 1 unspecified atom stereocenters. The largest absolute Gasteiger partial charge is 0.464 e. The average molecular weight is 294 g/mol. The minimum Gasteiger partial charge on any atom is -0.464 e. The third-order valence-electron chi connectivity index (χ3n) is 4.27. The number of furan rings is 1. The zero-order valence-electron chi connectivity index (χ0n) is 11.8. The van der Waals surface area contributed by atoms with Crippen LogP contribution in [0.5, 0.6) is 0 Å². The molecule has 1 atom stereocenters. The van der Waals surface area contributed by atoms with Crippen LogP contribution in [0.4, 0.5) is 5.69 Å². The Bertz CT molecular complexity index is 926. The van der Waals surface area contributed by atoms with E-state index in [1.54, 1.807) is 6.26 Å². The summed E-state index contributed by atoms with van der Waals surface area (Å²) in [6, 6.07) is 9.49. The van der Waals surface area contributed by atoms with Gasteiger partial charge in [0.1, 0.15) is 5.58 Å². The Morgan fingerprint density at radius 3 is 2.82 bits per heavy atom. The number of fused-ring (bicyclic) bond motifs is 3. The van der Waals surface area contributed by atoms with Gasteiger partial charge in [0.05, 0.1) is 12.2 Å². The van der Waals surface area contributed by atoms with Crippen LogP contribution < -0.4 is 11.1 Å². The van der Waals surface area contributed by atoms with E-state index in [0.717, 1.165) is 27.3 Å². The molecule has 4 rings (SSSR count). The topological polar surface area (TPSA) is 85.3 Å². The predicted octanol–water partition coefficient (Wildman–Crippen LogP) is 2.69. The Hall–Kier alpha value is -2.82. The molecule has 2 amide bonds. The van der Waals surface area contributed by atoms with Crippen molar-refractivity contribution in [3.63, 3.8) is 0 Å². The highest BCUT2D eigenvalue weighted by Crippen LogP contribution is 2.37. The molecule has 1 aromatic heterocycles. The van der Waals surface area contributed by atoms with Crippen molar-refractivity contribution >= 4 is 39.2 Å². The number of carbonyl (C=O) groups is 2. The number of nitrogen functional groups attached to an aromatic ring is 1. The van der Waals surface area contributed by atoms with Gasteiger partial charge in [-0.1, -0.05) is 12.1 Å². The van der Waals surface area contributed by atoms with Crippen molar-refractivity contribution < 1.29 is 14.0 Å². The number of nitrogens with one attached hydrogen (secondary N) is 1. The molecular formula is C17H14N2O3. The number of hydrogen-bond donors (Lipinski definition) is 2. The molecule has 1 aliphatic rings. The Morgan fingerprint density at radius 2 is 2.00 bits per heavy atom. The summed E-state index contributed by atoms with van der Waals surface area (Å²) < 4.78 is 5.62. The quantitative estimate of drug-likeness (QED) is 0.534. The lowest BCUT2D eigenvalue weighted by Gasteiger charge is -2.20. The smallest absolute Gasteiger partial charge is 0.234 e. The van der Waals surface area contributed by atoms with Gasteiger partial charge in [-0.25, -0.2) is 0 Å². The van der Waals surface area contributed by atoms with Crippen LogP contribution in [0.3, 0.4) is 0 Å². The maximum atomic E-state index is 12.2. The molecule has 0 aliphatic carbocycles. The van der Waals surface area contributed by atoms with E-state index in [-0.39, 0.29) is 17.7 Å². The molecule has 1 saturated heterocycles. The van der Waals surface area contributed by atoms with Crippen molar-refractivity contribution in [1.29, 1.82) is 0 Å². The second-order valence-electron chi connectivity index (χ2n) is 5.58. The lowest BCUT2D eigenvalue weighted by Crippen LogP contribution is -2.39. The van der Waals surface area contributed by atoms with E-state index < -0.39 is 0 Å². The summed E-state index contributed by atoms with van der Waals surface area (Å²) in [6.45, 7) is 0. The minimum atomic E-state index is -0.369. The van der Waals surface area contributed by atoms with E-state index >= 15 is 0 Å². The Balaban J connectivity index is 1.97. The van der Waals surface area contributed by atoms with Crippen LogP contribution in [0, 0.1) is 0 Å². The maximum absolute atomic E-state index is 12.2. The molecule has 1 fully saturated rings. The first-order valence-electron chi connectivity index (χ1n) is 7.17. The van der Waals surface area contributed by atoms with E-state index in [1.165, 1.54) is 0 Å². The molecule has 2 heterocycles. The fourth-order valence-electron chi connectivity index (χ4n) is 3.19. The first kappa shape index (κ1) is 12.9. The van der Waals surface area contributed by atoms with Crippen LogP contribution in [-0.4, -0.2) is 11.8 Å². The van der Waals surface area contributed by atoms with Gasteiger partial charge in [0, 0.05) is 28.4 Å². The summed E-state index contributed by atoms with van der Waals surface area (Å²) in [4.78, 5) is 23.5. The lowest BCUT2D eigenvalue weighted by atomic mass is 9.89. The molecule has 5 nitrogen and oxygen atoms in total. The van der Waals surface area contributed by atoms with Crippen molar-refractivity contribution in [2.24, 2.45) is 0 Å². The van der Waals surface area contributed by atoms with E-state index in [9.17, 15) is 9.59 Å². The predicted molar refractivity (Wildman–Crippen MR) is 83.3 cm³/mol. The monoisotopic (exact) mass is 294 g/mol. The van der Waals surface area contributed by atoms with Gasteiger partial charge in [0.2, 0.25) is 11.8 Å². The molecule has 110 valence electrons. The Labute approximate surface area is 126 Å². The van der Waals surface area contributed by atoms with Gasteiger partial charge in [-0.05, 0) is 30.0 Å². The summed E-state index contributed by atoms with van der Waals surface area (Å²) in [6.07, 6.45) is 2.46. The van der Waals surface area contributed by atoms with E-state index in [1.807, 2.05) is 30.3 Å².